The van der Waals surface area contributed by atoms with Crippen LogP contribution in [-0.4, -0.2) is 6.54 Å². The van der Waals surface area contributed by atoms with E-state index in [2.05, 4.69) is 69.2 Å². The molecule has 0 saturated carbocycles. The van der Waals surface area contributed by atoms with E-state index in [1.807, 2.05) is 0 Å². The number of unbranched alkanes of at least 4 members (excludes halogenated alkanes) is 3. The van der Waals surface area contributed by atoms with Crippen LogP contribution in [0.1, 0.15) is 64.0 Å². The van der Waals surface area contributed by atoms with E-state index in [0.717, 1.165) is 15.5 Å². The molecule has 1 aromatic rings. The van der Waals surface area contributed by atoms with Gasteiger partial charge >= 0.3 is 0 Å². The lowest BCUT2D eigenvalue weighted by molar-refractivity contribution is 0.470. The Morgan fingerprint density at radius 3 is 2.21 bits per heavy atom. The SMILES string of the molecule is CCCCCCC(NCCC)c1cc(Br)cc(Br)c1. The molecule has 0 aromatic heterocycles. The maximum atomic E-state index is 3.68. The fraction of sp³-hybridized carbons (Fsp3) is 0.625. The number of nitrogens with one attached hydrogen (secondary N) is 1. The highest BCUT2D eigenvalue weighted by atomic mass is 79.9. The van der Waals surface area contributed by atoms with Gasteiger partial charge in [-0.2, -0.15) is 0 Å². The molecule has 0 aliphatic carbocycles. The van der Waals surface area contributed by atoms with Gasteiger partial charge in [0.1, 0.15) is 0 Å². The summed E-state index contributed by atoms with van der Waals surface area (Å²) in [6.07, 6.45) is 7.71. The summed E-state index contributed by atoms with van der Waals surface area (Å²) in [6, 6.07) is 7.04. The Morgan fingerprint density at radius 1 is 0.947 bits per heavy atom. The van der Waals surface area contributed by atoms with Crippen LogP contribution < -0.4 is 5.32 Å². The average Bonchev–Trinajstić information content (AvgIpc) is 2.36. The Balaban J connectivity index is 2.65. The summed E-state index contributed by atoms with van der Waals surface area (Å²) in [7, 11) is 0. The van der Waals surface area contributed by atoms with Gasteiger partial charge in [0.25, 0.3) is 0 Å². The maximum Gasteiger partial charge on any atom is 0.0321 e. The summed E-state index contributed by atoms with van der Waals surface area (Å²) in [5.41, 5.74) is 1.38. The predicted octanol–water partition coefficient (Wildman–Crippen LogP) is 6.22. The summed E-state index contributed by atoms with van der Waals surface area (Å²) >= 11 is 7.17. The number of benzene rings is 1. The van der Waals surface area contributed by atoms with Crippen LogP contribution >= 0.6 is 31.9 Å². The molecular weight excluding hydrogens is 366 g/mol. The molecule has 0 spiro atoms. The summed E-state index contributed by atoms with van der Waals surface area (Å²) < 4.78 is 2.29. The van der Waals surface area contributed by atoms with Gasteiger partial charge in [0.15, 0.2) is 0 Å². The lowest BCUT2D eigenvalue weighted by Gasteiger charge is -2.19. The molecule has 3 heteroatoms. The van der Waals surface area contributed by atoms with E-state index in [1.54, 1.807) is 0 Å². The van der Waals surface area contributed by atoms with Crippen LogP contribution in [0.25, 0.3) is 0 Å². The van der Waals surface area contributed by atoms with Gasteiger partial charge in [-0.25, -0.2) is 0 Å². The summed E-state index contributed by atoms with van der Waals surface area (Å²) in [6.45, 7) is 5.57. The van der Waals surface area contributed by atoms with Gasteiger partial charge in [-0.15, -0.1) is 0 Å². The first-order valence-electron chi connectivity index (χ1n) is 7.36. The van der Waals surface area contributed by atoms with E-state index in [9.17, 15) is 0 Å². The third kappa shape index (κ3) is 6.92. The van der Waals surface area contributed by atoms with Crippen LogP contribution in [-0.2, 0) is 0 Å². The van der Waals surface area contributed by atoms with Crippen molar-refractivity contribution in [2.45, 2.75) is 58.4 Å². The first-order valence-corrected chi connectivity index (χ1v) is 8.95. The van der Waals surface area contributed by atoms with Gasteiger partial charge < -0.3 is 5.32 Å². The molecule has 1 nitrogen and oxygen atoms in total. The van der Waals surface area contributed by atoms with Crippen LogP contribution in [0.4, 0.5) is 0 Å². The Labute approximate surface area is 134 Å². The molecule has 108 valence electrons. The van der Waals surface area contributed by atoms with E-state index < -0.39 is 0 Å². The monoisotopic (exact) mass is 389 g/mol. The molecule has 1 N–H and O–H groups in total. The van der Waals surface area contributed by atoms with Crippen molar-refractivity contribution in [2.75, 3.05) is 6.54 Å². The molecule has 1 aromatic carbocycles. The molecule has 0 amide bonds. The van der Waals surface area contributed by atoms with Crippen molar-refractivity contribution in [1.29, 1.82) is 0 Å². The van der Waals surface area contributed by atoms with E-state index in [1.165, 1.54) is 44.1 Å². The topological polar surface area (TPSA) is 12.0 Å². The summed E-state index contributed by atoms with van der Waals surface area (Å²) in [4.78, 5) is 0. The zero-order chi connectivity index (χ0) is 14.1. The molecule has 19 heavy (non-hydrogen) atoms. The number of hydrogen-bond acceptors (Lipinski definition) is 1. The maximum absolute atomic E-state index is 3.68. The van der Waals surface area contributed by atoms with Crippen LogP contribution in [0.2, 0.25) is 0 Å². The lowest BCUT2D eigenvalue weighted by atomic mass is 10.00. The highest BCUT2D eigenvalue weighted by Gasteiger charge is 2.11. The molecule has 0 radical (unpaired) electrons. The third-order valence-electron chi connectivity index (χ3n) is 3.27. The minimum atomic E-state index is 0.477. The molecule has 1 unspecified atom stereocenters. The van der Waals surface area contributed by atoms with Gasteiger partial charge in [-0.3, -0.25) is 0 Å². The fourth-order valence-corrected chi connectivity index (χ4v) is 3.59. The highest BCUT2D eigenvalue weighted by Crippen LogP contribution is 2.27. The van der Waals surface area contributed by atoms with Gasteiger partial charge in [0.2, 0.25) is 0 Å². The minimum Gasteiger partial charge on any atom is -0.310 e. The molecule has 0 aliphatic rings. The first-order chi connectivity index (χ1) is 9.17. The largest absolute Gasteiger partial charge is 0.310 e. The van der Waals surface area contributed by atoms with Crippen LogP contribution in [0.5, 0.6) is 0 Å². The highest BCUT2D eigenvalue weighted by molar-refractivity contribution is 9.11. The van der Waals surface area contributed by atoms with Gasteiger partial charge in [-0.1, -0.05) is 71.4 Å². The smallest absolute Gasteiger partial charge is 0.0321 e. The Bertz CT molecular complexity index is 346. The molecule has 0 aliphatic heterocycles. The van der Waals surface area contributed by atoms with Gasteiger partial charge in [-0.05, 0) is 43.1 Å². The van der Waals surface area contributed by atoms with Crippen LogP contribution in [0.3, 0.4) is 0 Å². The molecule has 0 bridgehead atoms. The Hall–Kier alpha value is 0.140. The normalized spacial score (nSPS) is 12.6. The molecule has 0 saturated heterocycles. The minimum absolute atomic E-state index is 0.477. The van der Waals surface area contributed by atoms with Gasteiger partial charge in [0, 0.05) is 15.0 Å². The summed E-state index contributed by atoms with van der Waals surface area (Å²) in [5.74, 6) is 0. The van der Waals surface area contributed by atoms with Crippen molar-refractivity contribution in [3.8, 4) is 0 Å². The standard InChI is InChI=1S/C16H25Br2N/c1-3-5-6-7-8-16(19-9-4-2)13-10-14(17)12-15(18)11-13/h10-12,16,19H,3-9H2,1-2H3. The average molecular weight is 391 g/mol. The van der Waals surface area contributed by atoms with Gasteiger partial charge in [0.05, 0.1) is 0 Å². The van der Waals surface area contributed by atoms with E-state index in [0.29, 0.717) is 6.04 Å². The number of rotatable bonds is 9. The Kier molecular flexibility index (Phi) is 9.01. The van der Waals surface area contributed by atoms with Crippen LogP contribution in [0.15, 0.2) is 27.1 Å². The molecule has 0 fully saturated rings. The van der Waals surface area contributed by atoms with Crippen molar-refractivity contribution in [1.82, 2.24) is 5.32 Å². The fourth-order valence-electron chi connectivity index (χ4n) is 2.26. The first kappa shape index (κ1) is 17.2. The molecule has 1 rings (SSSR count). The Morgan fingerprint density at radius 2 is 1.63 bits per heavy atom. The molecule has 0 heterocycles. The zero-order valence-corrected chi connectivity index (χ0v) is 15.2. The van der Waals surface area contributed by atoms with E-state index in [-0.39, 0.29) is 0 Å². The van der Waals surface area contributed by atoms with Crippen molar-refractivity contribution < 1.29 is 0 Å². The van der Waals surface area contributed by atoms with Crippen molar-refractivity contribution in [3.63, 3.8) is 0 Å². The van der Waals surface area contributed by atoms with Crippen LogP contribution in [0, 0.1) is 0 Å². The van der Waals surface area contributed by atoms with E-state index >= 15 is 0 Å². The summed E-state index contributed by atoms with van der Waals surface area (Å²) in [5, 5.41) is 3.68. The second-order valence-corrected chi connectivity index (χ2v) is 6.89. The molecular formula is C16H25Br2N. The number of halogens is 2. The van der Waals surface area contributed by atoms with Crippen molar-refractivity contribution in [2.24, 2.45) is 0 Å². The second-order valence-electron chi connectivity index (χ2n) is 5.06. The lowest BCUT2D eigenvalue weighted by Crippen LogP contribution is -2.22. The predicted molar refractivity (Wildman–Crippen MR) is 91.6 cm³/mol. The molecule has 1 atom stereocenters. The van der Waals surface area contributed by atoms with Crippen molar-refractivity contribution >= 4 is 31.9 Å². The number of hydrogen-bond donors (Lipinski definition) is 1. The van der Waals surface area contributed by atoms with E-state index in [4.69, 9.17) is 0 Å². The second kappa shape index (κ2) is 9.95. The zero-order valence-electron chi connectivity index (χ0n) is 12.0. The quantitative estimate of drug-likeness (QED) is 0.493. The third-order valence-corrected chi connectivity index (χ3v) is 4.19. The van der Waals surface area contributed by atoms with Crippen molar-refractivity contribution in [3.05, 3.63) is 32.7 Å².